The maximum absolute atomic E-state index is 11.9. The highest BCUT2D eigenvalue weighted by Gasteiger charge is 2.14. The van der Waals surface area contributed by atoms with Gasteiger partial charge >= 0.3 is 0 Å². The Morgan fingerprint density at radius 3 is 2.74 bits per heavy atom. The van der Waals surface area contributed by atoms with E-state index in [0.717, 1.165) is 0 Å². The van der Waals surface area contributed by atoms with E-state index in [9.17, 15) is 9.59 Å². The Morgan fingerprint density at radius 2 is 1.91 bits per heavy atom. The van der Waals surface area contributed by atoms with Crippen LogP contribution < -0.4 is 20.1 Å². The molecule has 0 aliphatic carbocycles. The zero-order valence-corrected chi connectivity index (χ0v) is 12.7. The van der Waals surface area contributed by atoms with Crippen LogP contribution in [0.1, 0.15) is 10.4 Å². The van der Waals surface area contributed by atoms with Gasteiger partial charge in [0.1, 0.15) is 0 Å². The molecule has 0 bridgehead atoms. The first kappa shape index (κ1) is 15.2. The first-order chi connectivity index (χ1) is 11.1. The molecular weight excluding hydrogens is 320 g/mol. The second kappa shape index (κ2) is 6.58. The molecule has 1 aliphatic rings. The number of hydrogen-bond acceptors (Lipinski definition) is 4. The molecule has 1 heterocycles. The fraction of sp³-hybridized carbons (Fsp3) is 0.125. The van der Waals surface area contributed by atoms with Crippen LogP contribution >= 0.6 is 11.6 Å². The van der Waals surface area contributed by atoms with Crippen LogP contribution in [0.5, 0.6) is 11.5 Å². The zero-order valence-electron chi connectivity index (χ0n) is 12.0. The van der Waals surface area contributed by atoms with Gasteiger partial charge in [0.2, 0.25) is 12.7 Å². The molecule has 3 rings (SSSR count). The SMILES string of the molecule is O=C(CNC(=O)c1cccc(Cl)c1)Nc1ccc2c(c1)OCO2. The molecule has 2 aromatic carbocycles. The number of benzene rings is 2. The summed E-state index contributed by atoms with van der Waals surface area (Å²) in [6.07, 6.45) is 0. The lowest BCUT2D eigenvalue weighted by atomic mass is 10.2. The van der Waals surface area contributed by atoms with Crippen molar-refractivity contribution in [3.8, 4) is 11.5 Å². The molecule has 0 saturated carbocycles. The molecule has 2 N–H and O–H groups in total. The Bertz CT molecular complexity index is 763. The van der Waals surface area contributed by atoms with Gasteiger partial charge < -0.3 is 20.1 Å². The lowest BCUT2D eigenvalue weighted by Gasteiger charge is -2.08. The third kappa shape index (κ3) is 3.73. The predicted octanol–water partition coefficient (Wildman–Crippen LogP) is 2.44. The average Bonchev–Trinajstić information content (AvgIpc) is 3.00. The molecule has 0 spiro atoms. The molecule has 6 nitrogen and oxygen atoms in total. The van der Waals surface area contributed by atoms with E-state index < -0.39 is 0 Å². The van der Waals surface area contributed by atoms with Gasteiger partial charge in [0.15, 0.2) is 11.5 Å². The summed E-state index contributed by atoms with van der Waals surface area (Å²) in [4.78, 5) is 23.8. The van der Waals surface area contributed by atoms with E-state index >= 15 is 0 Å². The van der Waals surface area contributed by atoms with E-state index in [1.165, 1.54) is 6.07 Å². The van der Waals surface area contributed by atoms with Crippen LogP contribution in [-0.4, -0.2) is 25.2 Å². The minimum atomic E-state index is -0.367. The summed E-state index contributed by atoms with van der Waals surface area (Å²) >= 11 is 5.82. The second-order valence-corrected chi connectivity index (χ2v) is 5.25. The van der Waals surface area contributed by atoms with E-state index in [2.05, 4.69) is 10.6 Å². The Hall–Kier alpha value is -2.73. The summed E-state index contributed by atoms with van der Waals surface area (Å²) in [5.41, 5.74) is 0.963. The quantitative estimate of drug-likeness (QED) is 0.901. The van der Waals surface area contributed by atoms with Gasteiger partial charge in [-0.2, -0.15) is 0 Å². The van der Waals surface area contributed by atoms with Gasteiger partial charge in [0, 0.05) is 22.3 Å². The number of ether oxygens (including phenoxy) is 2. The number of halogens is 1. The fourth-order valence-corrected chi connectivity index (χ4v) is 2.26. The number of rotatable bonds is 4. The van der Waals surface area contributed by atoms with E-state index in [1.807, 2.05) is 0 Å². The van der Waals surface area contributed by atoms with Crippen LogP contribution in [0.2, 0.25) is 5.02 Å². The average molecular weight is 333 g/mol. The van der Waals surface area contributed by atoms with Crippen LogP contribution in [0.25, 0.3) is 0 Å². The predicted molar refractivity (Wildman–Crippen MR) is 85.0 cm³/mol. The minimum absolute atomic E-state index is 0.153. The van der Waals surface area contributed by atoms with E-state index in [1.54, 1.807) is 36.4 Å². The molecular formula is C16H13ClN2O4. The highest BCUT2D eigenvalue weighted by molar-refractivity contribution is 6.31. The van der Waals surface area contributed by atoms with Gasteiger partial charge in [-0.05, 0) is 30.3 Å². The monoisotopic (exact) mass is 332 g/mol. The Morgan fingerprint density at radius 1 is 1.09 bits per heavy atom. The van der Waals surface area contributed by atoms with Crippen molar-refractivity contribution in [3.63, 3.8) is 0 Å². The number of carbonyl (C=O) groups is 2. The molecule has 0 atom stereocenters. The van der Waals surface area contributed by atoms with Crippen LogP contribution in [0, 0.1) is 0 Å². The standard InChI is InChI=1S/C16H13ClN2O4/c17-11-3-1-2-10(6-11)16(21)18-8-15(20)19-12-4-5-13-14(7-12)23-9-22-13/h1-7H,8-9H2,(H,18,21)(H,19,20). The van der Waals surface area contributed by atoms with Gasteiger partial charge in [-0.25, -0.2) is 0 Å². The van der Waals surface area contributed by atoms with Gasteiger partial charge in [-0.1, -0.05) is 17.7 Å². The number of hydrogen-bond donors (Lipinski definition) is 2. The van der Waals surface area contributed by atoms with E-state index in [4.69, 9.17) is 21.1 Å². The topological polar surface area (TPSA) is 76.7 Å². The second-order valence-electron chi connectivity index (χ2n) is 4.81. The molecule has 0 saturated heterocycles. The Kier molecular flexibility index (Phi) is 4.34. The van der Waals surface area contributed by atoms with Crippen molar-refractivity contribution in [2.45, 2.75) is 0 Å². The summed E-state index contributed by atoms with van der Waals surface area (Å²) in [6.45, 7) is 0.0161. The maximum atomic E-state index is 11.9. The first-order valence-electron chi connectivity index (χ1n) is 6.85. The lowest BCUT2D eigenvalue weighted by Crippen LogP contribution is -2.32. The Balaban J connectivity index is 1.54. The van der Waals surface area contributed by atoms with E-state index in [0.29, 0.717) is 27.8 Å². The smallest absolute Gasteiger partial charge is 0.251 e. The third-order valence-corrected chi connectivity index (χ3v) is 3.39. The van der Waals surface area contributed by atoms with Crippen LogP contribution in [0.15, 0.2) is 42.5 Å². The van der Waals surface area contributed by atoms with Gasteiger partial charge in [0.05, 0.1) is 6.54 Å². The largest absolute Gasteiger partial charge is 0.454 e. The number of carbonyl (C=O) groups excluding carboxylic acids is 2. The summed E-state index contributed by atoms with van der Waals surface area (Å²) < 4.78 is 10.4. The maximum Gasteiger partial charge on any atom is 0.251 e. The number of anilines is 1. The van der Waals surface area contributed by atoms with E-state index in [-0.39, 0.29) is 25.2 Å². The van der Waals surface area contributed by atoms with Crippen molar-refractivity contribution >= 4 is 29.1 Å². The molecule has 118 valence electrons. The zero-order chi connectivity index (χ0) is 16.2. The van der Waals surface area contributed by atoms with Crippen molar-refractivity contribution < 1.29 is 19.1 Å². The number of amides is 2. The summed E-state index contributed by atoms with van der Waals surface area (Å²) in [7, 11) is 0. The molecule has 7 heteroatoms. The van der Waals surface area contributed by atoms with Crippen LogP contribution in [0.3, 0.4) is 0 Å². The molecule has 0 aromatic heterocycles. The van der Waals surface area contributed by atoms with Crippen molar-refractivity contribution in [2.75, 3.05) is 18.7 Å². The number of nitrogens with one attached hydrogen (secondary N) is 2. The Labute approximate surface area is 137 Å². The molecule has 0 radical (unpaired) electrons. The normalized spacial score (nSPS) is 11.9. The van der Waals surface area contributed by atoms with Crippen molar-refractivity contribution in [1.29, 1.82) is 0 Å². The van der Waals surface area contributed by atoms with Gasteiger partial charge in [0.25, 0.3) is 5.91 Å². The first-order valence-corrected chi connectivity index (χ1v) is 7.23. The lowest BCUT2D eigenvalue weighted by molar-refractivity contribution is -0.115. The summed E-state index contributed by atoms with van der Waals surface area (Å²) in [5.74, 6) is 0.496. The van der Waals surface area contributed by atoms with Crippen molar-refractivity contribution in [1.82, 2.24) is 5.32 Å². The minimum Gasteiger partial charge on any atom is -0.454 e. The van der Waals surface area contributed by atoms with Crippen LogP contribution in [0.4, 0.5) is 5.69 Å². The third-order valence-electron chi connectivity index (χ3n) is 3.15. The van der Waals surface area contributed by atoms with Crippen molar-refractivity contribution in [3.05, 3.63) is 53.1 Å². The molecule has 23 heavy (non-hydrogen) atoms. The fourth-order valence-electron chi connectivity index (χ4n) is 2.07. The molecule has 0 fully saturated rings. The molecule has 2 amide bonds. The highest BCUT2D eigenvalue weighted by atomic mass is 35.5. The number of fused-ring (bicyclic) bond motifs is 1. The molecule has 1 aliphatic heterocycles. The van der Waals surface area contributed by atoms with Gasteiger partial charge in [-0.15, -0.1) is 0 Å². The summed E-state index contributed by atoms with van der Waals surface area (Å²) in [5, 5.41) is 5.67. The van der Waals surface area contributed by atoms with Crippen LogP contribution in [-0.2, 0) is 4.79 Å². The van der Waals surface area contributed by atoms with Crippen molar-refractivity contribution in [2.24, 2.45) is 0 Å². The molecule has 2 aromatic rings. The highest BCUT2D eigenvalue weighted by Crippen LogP contribution is 2.34. The van der Waals surface area contributed by atoms with Gasteiger partial charge in [-0.3, -0.25) is 9.59 Å². The molecule has 0 unspecified atom stereocenters. The summed E-state index contributed by atoms with van der Waals surface area (Å²) in [6, 6.07) is 11.6.